The Kier molecular flexibility index (Phi) is 9.44. The number of nitrogens with two attached hydrogens (primary N) is 1. The van der Waals surface area contributed by atoms with Gasteiger partial charge < -0.3 is 21.3 Å². The van der Waals surface area contributed by atoms with E-state index in [1.165, 1.54) is 24.3 Å². The van der Waals surface area contributed by atoms with Crippen LogP contribution in [0.2, 0.25) is 10.0 Å². The summed E-state index contributed by atoms with van der Waals surface area (Å²) >= 11 is 12.4. The van der Waals surface area contributed by atoms with Crippen LogP contribution in [-0.4, -0.2) is 67.7 Å². The third-order valence-electron chi connectivity index (χ3n) is 7.17. The first-order valence-electron chi connectivity index (χ1n) is 12.7. The molecule has 0 aliphatic carbocycles. The Bertz CT molecular complexity index is 1270. The fourth-order valence-corrected chi connectivity index (χ4v) is 5.30. The lowest BCUT2D eigenvalue weighted by atomic mass is 10.0. The smallest absolute Gasteiger partial charge is 0.368 e. The standard InChI is InChI=1S/C26H28Cl2F5N5O2/c27-17-12-20(21(13-18(17)28)38-9-7-37(8-10-38)6-5-26(31,32)33)36-25(40)16-3-1-14(22(29)23(16)30)11-15-2-4-19(35-15)24(34)39/h1,3,12-13,15,19,35H,2,4-11H2,(H2,34,39)(H,36,40). The normalized spacial score (nSPS) is 20.1. The molecule has 0 radical (unpaired) electrons. The van der Waals surface area contributed by atoms with E-state index in [0.717, 1.165) is 0 Å². The van der Waals surface area contributed by atoms with Crippen LogP contribution in [0.3, 0.4) is 0 Å². The summed E-state index contributed by atoms with van der Waals surface area (Å²) in [5.41, 5.74) is 5.47. The summed E-state index contributed by atoms with van der Waals surface area (Å²) in [6, 6.07) is 4.61. The van der Waals surface area contributed by atoms with Gasteiger partial charge in [-0.3, -0.25) is 14.5 Å². The number of halogens is 7. The zero-order valence-corrected chi connectivity index (χ0v) is 22.8. The van der Waals surface area contributed by atoms with Gasteiger partial charge in [-0.15, -0.1) is 0 Å². The number of benzene rings is 2. The molecule has 2 unspecified atom stereocenters. The molecule has 2 aliphatic heterocycles. The average molecular weight is 608 g/mol. The van der Waals surface area contributed by atoms with Crippen LogP contribution in [0.4, 0.5) is 33.3 Å². The van der Waals surface area contributed by atoms with Gasteiger partial charge >= 0.3 is 6.18 Å². The molecule has 0 aromatic heterocycles. The molecule has 4 N–H and O–H groups in total. The molecule has 4 rings (SSSR count). The SMILES string of the molecule is NC(=O)C1CCC(Cc2ccc(C(=O)Nc3cc(Cl)c(Cl)cc3N3CCN(CCC(F)(F)F)CC3)c(F)c2F)N1. The second-order valence-electron chi connectivity index (χ2n) is 9.93. The van der Waals surface area contributed by atoms with Gasteiger partial charge in [0.05, 0.1) is 39.4 Å². The number of nitrogens with zero attached hydrogens (tertiary/aromatic N) is 2. The van der Waals surface area contributed by atoms with Crippen molar-refractivity contribution in [3.63, 3.8) is 0 Å². The molecule has 40 heavy (non-hydrogen) atoms. The van der Waals surface area contributed by atoms with Gasteiger partial charge in [0.2, 0.25) is 5.91 Å². The van der Waals surface area contributed by atoms with Crippen molar-refractivity contribution in [2.45, 2.75) is 43.9 Å². The number of hydrogen-bond acceptors (Lipinski definition) is 5. The maximum Gasteiger partial charge on any atom is 0.390 e. The molecule has 2 aliphatic rings. The Morgan fingerprint density at radius 1 is 1.02 bits per heavy atom. The van der Waals surface area contributed by atoms with E-state index < -0.39 is 47.7 Å². The van der Waals surface area contributed by atoms with Crippen LogP contribution >= 0.6 is 23.2 Å². The first-order valence-corrected chi connectivity index (χ1v) is 13.4. The summed E-state index contributed by atoms with van der Waals surface area (Å²) in [4.78, 5) is 27.9. The molecule has 2 amide bonds. The highest BCUT2D eigenvalue weighted by Gasteiger charge is 2.31. The van der Waals surface area contributed by atoms with Crippen LogP contribution < -0.4 is 21.3 Å². The number of carbonyl (C=O) groups is 2. The van der Waals surface area contributed by atoms with E-state index in [4.69, 9.17) is 28.9 Å². The molecule has 2 aromatic rings. The fourth-order valence-electron chi connectivity index (χ4n) is 4.98. The summed E-state index contributed by atoms with van der Waals surface area (Å²) in [5, 5.41) is 5.87. The molecule has 7 nitrogen and oxygen atoms in total. The Labute approximate surface area is 237 Å². The molecule has 218 valence electrons. The zero-order chi connectivity index (χ0) is 29.2. The Morgan fingerprint density at radius 3 is 2.33 bits per heavy atom. The molecule has 14 heteroatoms. The van der Waals surface area contributed by atoms with Gasteiger partial charge in [-0.1, -0.05) is 29.3 Å². The summed E-state index contributed by atoms with van der Waals surface area (Å²) in [6.45, 7) is 1.28. The molecule has 0 bridgehead atoms. The number of alkyl halides is 3. The van der Waals surface area contributed by atoms with Crippen molar-refractivity contribution in [2.75, 3.05) is 42.9 Å². The van der Waals surface area contributed by atoms with Gasteiger partial charge in [-0.05, 0) is 43.0 Å². The van der Waals surface area contributed by atoms with E-state index in [-0.39, 0.29) is 40.3 Å². The number of hydrogen-bond donors (Lipinski definition) is 3. The van der Waals surface area contributed by atoms with Crippen LogP contribution in [-0.2, 0) is 11.2 Å². The third kappa shape index (κ3) is 7.34. The van der Waals surface area contributed by atoms with Crippen molar-refractivity contribution in [2.24, 2.45) is 5.73 Å². The van der Waals surface area contributed by atoms with Gasteiger partial charge in [0, 0.05) is 38.8 Å². The highest BCUT2D eigenvalue weighted by atomic mass is 35.5. The predicted octanol–water partition coefficient (Wildman–Crippen LogP) is 4.75. The van der Waals surface area contributed by atoms with Gasteiger partial charge in [0.1, 0.15) is 0 Å². The van der Waals surface area contributed by atoms with Gasteiger partial charge in [-0.2, -0.15) is 13.2 Å². The van der Waals surface area contributed by atoms with Gasteiger partial charge in [0.15, 0.2) is 11.6 Å². The van der Waals surface area contributed by atoms with Crippen molar-refractivity contribution in [3.8, 4) is 0 Å². The molecule has 2 atom stereocenters. The maximum atomic E-state index is 15.0. The van der Waals surface area contributed by atoms with Crippen LogP contribution in [0.1, 0.15) is 35.2 Å². The van der Waals surface area contributed by atoms with Crippen molar-refractivity contribution in [3.05, 3.63) is 57.1 Å². The lowest BCUT2D eigenvalue weighted by Crippen LogP contribution is -2.47. The first kappa shape index (κ1) is 30.3. The van der Waals surface area contributed by atoms with Crippen molar-refractivity contribution < 1.29 is 31.5 Å². The molecular weight excluding hydrogens is 580 g/mol. The molecular formula is C26H28Cl2F5N5O2. The molecule has 0 saturated carbocycles. The molecule has 2 aromatic carbocycles. The molecule has 2 saturated heterocycles. The lowest BCUT2D eigenvalue weighted by Gasteiger charge is -2.37. The lowest BCUT2D eigenvalue weighted by molar-refractivity contribution is -0.138. The quantitative estimate of drug-likeness (QED) is 0.377. The number of amides is 2. The van der Waals surface area contributed by atoms with Crippen molar-refractivity contribution in [1.82, 2.24) is 10.2 Å². The minimum Gasteiger partial charge on any atom is -0.368 e. The summed E-state index contributed by atoms with van der Waals surface area (Å²) < 4.78 is 67.7. The van der Waals surface area contributed by atoms with E-state index >= 15 is 4.39 Å². The summed E-state index contributed by atoms with van der Waals surface area (Å²) in [5.74, 6) is -3.91. The largest absolute Gasteiger partial charge is 0.390 e. The first-order chi connectivity index (χ1) is 18.8. The molecule has 0 spiro atoms. The number of primary amides is 1. The monoisotopic (exact) mass is 607 g/mol. The fraction of sp³-hybridized carbons (Fsp3) is 0.462. The average Bonchev–Trinajstić information content (AvgIpc) is 3.36. The van der Waals surface area contributed by atoms with Crippen LogP contribution in [0.25, 0.3) is 0 Å². The topological polar surface area (TPSA) is 90.7 Å². The third-order valence-corrected chi connectivity index (χ3v) is 7.89. The number of piperazine rings is 1. The van der Waals surface area contributed by atoms with Crippen LogP contribution in [0.15, 0.2) is 24.3 Å². The second kappa shape index (κ2) is 12.5. The van der Waals surface area contributed by atoms with E-state index in [9.17, 15) is 27.2 Å². The van der Waals surface area contributed by atoms with Crippen LogP contribution in [0.5, 0.6) is 0 Å². The van der Waals surface area contributed by atoms with E-state index in [1.807, 2.05) is 4.90 Å². The number of nitrogens with one attached hydrogen (secondary N) is 2. The Balaban J connectivity index is 1.46. The minimum absolute atomic E-state index is 0.0512. The highest BCUT2D eigenvalue weighted by Crippen LogP contribution is 2.36. The number of anilines is 2. The van der Waals surface area contributed by atoms with Gasteiger partial charge in [0.25, 0.3) is 5.91 Å². The number of rotatable bonds is 8. The summed E-state index contributed by atoms with van der Waals surface area (Å²) in [6.07, 6.45) is -3.98. The number of carbonyl (C=O) groups excluding carboxylic acids is 2. The maximum absolute atomic E-state index is 15.0. The van der Waals surface area contributed by atoms with Crippen molar-refractivity contribution >= 4 is 46.4 Å². The molecule has 2 heterocycles. The summed E-state index contributed by atoms with van der Waals surface area (Å²) in [7, 11) is 0. The predicted molar refractivity (Wildman–Crippen MR) is 143 cm³/mol. The Hall–Kier alpha value is -2.67. The Morgan fingerprint density at radius 2 is 1.70 bits per heavy atom. The second-order valence-corrected chi connectivity index (χ2v) is 10.7. The van der Waals surface area contributed by atoms with E-state index in [1.54, 1.807) is 4.90 Å². The van der Waals surface area contributed by atoms with E-state index in [0.29, 0.717) is 44.7 Å². The minimum atomic E-state index is -4.24. The molecule has 2 fully saturated rings. The van der Waals surface area contributed by atoms with Gasteiger partial charge in [-0.25, -0.2) is 8.78 Å². The van der Waals surface area contributed by atoms with Crippen molar-refractivity contribution in [1.29, 1.82) is 0 Å². The highest BCUT2D eigenvalue weighted by molar-refractivity contribution is 6.42. The van der Waals surface area contributed by atoms with E-state index in [2.05, 4.69) is 10.6 Å². The zero-order valence-electron chi connectivity index (χ0n) is 21.3. The van der Waals surface area contributed by atoms with Crippen LogP contribution in [0, 0.1) is 11.6 Å².